The third-order valence-electron chi connectivity index (χ3n) is 6.15. The number of hydrogen-bond donors (Lipinski definition) is 2. The number of rotatable bonds is 12. The highest BCUT2D eigenvalue weighted by Gasteiger charge is 2.52. The zero-order chi connectivity index (χ0) is 19.7. The molecule has 0 heterocycles. The third kappa shape index (κ3) is 6.59. The number of hydrogen-bond acceptors (Lipinski definition) is 2. The first kappa shape index (κ1) is 23.0. The van der Waals surface area contributed by atoms with Gasteiger partial charge < -0.3 is 10.2 Å². The molecule has 152 valence electrons. The summed E-state index contributed by atoms with van der Waals surface area (Å²) in [5.74, 6) is -1.30. The molecule has 26 heavy (non-hydrogen) atoms. The molecule has 1 aliphatic rings. The Morgan fingerprint density at radius 3 is 2.12 bits per heavy atom. The first-order chi connectivity index (χ1) is 12.2. The van der Waals surface area contributed by atoms with Gasteiger partial charge in [-0.15, -0.1) is 0 Å². The van der Waals surface area contributed by atoms with Gasteiger partial charge in [0.2, 0.25) is 0 Å². The van der Waals surface area contributed by atoms with E-state index in [2.05, 4.69) is 13.8 Å². The van der Waals surface area contributed by atoms with E-state index in [1.54, 1.807) is 0 Å². The van der Waals surface area contributed by atoms with Crippen molar-refractivity contribution in [2.24, 2.45) is 29.1 Å². The van der Waals surface area contributed by atoms with E-state index in [9.17, 15) is 19.8 Å². The summed E-state index contributed by atoms with van der Waals surface area (Å²) in [5.41, 5.74) is -0.854. The van der Waals surface area contributed by atoms with Crippen LogP contribution < -0.4 is 0 Å². The summed E-state index contributed by atoms with van der Waals surface area (Å²) in [7, 11) is 0. The Morgan fingerprint density at radius 1 is 0.962 bits per heavy atom. The molecule has 3 unspecified atom stereocenters. The van der Waals surface area contributed by atoms with Crippen LogP contribution in [-0.4, -0.2) is 22.2 Å². The highest BCUT2D eigenvalue weighted by Crippen LogP contribution is 2.51. The Hall–Kier alpha value is -1.06. The smallest absolute Gasteiger partial charge is 0.309 e. The number of carboxylic acid groups (broad SMARTS) is 2. The van der Waals surface area contributed by atoms with Crippen molar-refractivity contribution < 1.29 is 19.8 Å². The minimum atomic E-state index is -0.854. The van der Waals surface area contributed by atoms with Crippen molar-refractivity contribution in [1.29, 1.82) is 0 Å². The molecule has 4 nitrogen and oxygen atoms in total. The standard InChI is InChI=1S/C22H40O4/c1-16(2)11-8-6-5-7-9-13-19-18(20(23)24)12-10-14-22(19,21(25)26)15-17(3)4/h16-19H,5-15H2,1-4H3,(H,23,24)(H,25,26). The molecule has 0 aromatic carbocycles. The molecule has 1 rings (SSSR count). The van der Waals surface area contributed by atoms with Crippen molar-refractivity contribution in [3.63, 3.8) is 0 Å². The zero-order valence-corrected chi connectivity index (χ0v) is 17.3. The zero-order valence-electron chi connectivity index (χ0n) is 17.3. The lowest BCUT2D eigenvalue weighted by atomic mass is 9.57. The van der Waals surface area contributed by atoms with Gasteiger partial charge in [0.1, 0.15) is 0 Å². The van der Waals surface area contributed by atoms with Crippen LogP contribution in [0.4, 0.5) is 0 Å². The van der Waals surface area contributed by atoms with Gasteiger partial charge >= 0.3 is 11.9 Å². The highest BCUT2D eigenvalue weighted by atomic mass is 16.4. The maximum absolute atomic E-state index is 12.2. The van der Waals surface area contributed by atoms with E-state index in [1.807, 2.05) is 13.8 Å². The molecule has 0 spiro atoms. The summed E-state index contributed by atoms with van der Waals surface area (Å²) in [5, 5.41) is 19.7. The van der Waals surface area contributed by atoms with Gasteiger partial charge in [0.25, 0.3) is 0 Å². The Labute approximate surface area is 159 Å². The Balaban J connectivity index is 2.71. The van der Waals surface area contributed by atoms with E-state index < -0.39 is 23.3 Å². The Bertz CT molecular complexity index is 443. The SMILES string of the molecule is CC(C)CCCCCCCC1C(C(=O)O)CCCC1(CC(C)C)C(=O)O. The van der Waals surface area contributed by atoms with E-state index in [0.717, 1.165) is 25.2 Å². The topological polar surface area (TPSA) is 74.6 Å². The third-order valence-corrected chi connectivity index (χ3v) is 6.15. The molecule has 1 aliphatic carbocycles. The molecule has 1 fully saturated rings. The van der Waals surface area contributed by atoms with Crippen LogP contribution in [0.5, 0.6) is 0 Å². The highest BCUT2D eigenvalue weighted by molar-refractivity contribution is 5.78. The van der Waals surface area contributed by atoms with Gasteiger partial charge in [0.15, 0.2) is 0 Å². The average Bonchev–Trinajstić information content (AvgIpc) is 2.53. The van der Waals surface area contributed by atoms with Gasteiger partial charge in [-0.05, 0) is 43.4 Å². The molecule has 1 saturated carbocycles. The molecule has 0 radical (unpaired) electrons. The van der Waals surface area contributed by atoms with E-state index >= 15 is 0 Å². The number of carbonyl (C=O) groups is 2. The summed E-state index contributed by atoms with van der Waals surface area (Å²) >= 11 is 0. The van der Waals surface area contributed by atoms with Crippen LogP contribution in [0.3, 0.4) is 0 Å². The van der Waals surface area contributed by atoms with Crippen molar-refractivity contribution in [2.45, 2.75) is 98.3 Å². The van der Waals surface area contributed by atoms with Crippen LogP contribution in [0.2, 0.25) is 0 Å². The van der Waals surface area contributed by atoms with Gasteiger partial charge in [0.05, 0.1) is 11.3 Å². The second-order valence-electron chi connectivity index (χ2n) is 9.24. The van der Waals surface area contributed by atoms with Crippen LogP contribution in [0.25, 0.3) is 0 Å². The maximum atomic E-state index is 12.2. The predicted octanol–water partition coefficient (Wildman–Crippen LogP) is 5.99. The minimum Gasteiger partial charge on any atom is -0.481 e. The minimum absolute atomic E-state index is 0.232. The van der Waals surface area contributed by atoms with Crippen LogP contribution in [0.1, 0.15) is 98.3 Å². The molecule has 3 atom stereocenters. The molecule has 0 amide bonds. The summed E-state index contributed by atoms with van der Waals surface area (Å²) in [4.78, 5) is 24.0. The fourth-order valence-electron chi connectivity index (χ4n) is 4.96. The fraction of sp³-hybridized carbons (Fsp3) is 0.909. The molecule has 0 saturated heterocycles. The average molecular weight is 369 g/mol. The fourth-order valence-corrected chi connectivity index (χ4v) is 4.96. The molecule has 0 aromatic rings. The number of unbranched alkanes of at least 4 members (excludes halogenated alkanes) is 4. The van der Waals surface area contributed by atoms with Crippen LogP contribution >= 0.6 is 0 Å². The first-order valence-electron chi connectivity index (χ1n) is 10.7. The second kappa shape index (κ2) is 10.9. The lowest BCUT2D eigenvalue weighted by Crippen LogP contribution is -2.48. The molecular weight excluding hydrogens is 328 g/mol. The van der Waals surface area contributed by atoms with E-state index in [1.165, 1.54) is 25.7 Å². The normalized spacial score (nSPS) is 26.4. The Kier molecular flexibility index (Phi) is 9.67. The van der Waals surface area contributed by atoms with Crippen molar-refractivity contribution in [2.75, 3.05) is 0 Å². The van der Waals surface area contributed by atoms with Gasteiger partial charge in [-0.2, -0.15) is 0 Å². The van der Waals surface area contributed by atoms with E-state index in [4.69, 9.17) is 0 Å². The summed E-state index contributed by atoms with van der Waals surface area (Å²) in [6.07, 6.45) is 10.2. The second-order valence-corrected chi connectivity index (χ2v) is 9.24. The van der Waals surface area contributed by atoms with Crippen molar-refractivity contribution in [1.82, 2.24) is 0 Å². The molecule has 0 bridgehead atoms. The number of carboxylic acids is 2. The van der Waals surface area contributed by atoms with Gasteiger partial charge in [-0.1, -0.05) is 72.6 Å². The summed E-state index contributed by atoms with van der Waals surface area (Å²) < 4.78 is 0. The molecular formula is C22H40O4. The quantitative estimate of drug-likeness (QED) is 0.415. The molecule has 0 aromatic heterocycles. The predicted molar refractivity (Wildman–Crippen MR) is 105 cm³/mol. The van der Waals surface area contributed by atoms with Crippen molar-refractivity contribution in [3.8, 4) is 0 Å². The molecule has 0 aliphatic heterocycles. The van der Waals surface area contributed by atoms with Crippen LogP contribution in [0.15, 0.2) is 0 Å². The molecule has 2 N–H and O–H groups in total. The van der Waals surface area contributed by atoms with Gasteiger partial charge in [-0.3, -0.25) is 9.59 Å². The lowest BCUT2D eigenvalue weighted by molar-refractivity contribution is -0.165. The summed E-state index contributed by atoms with van der Waals surface area (Å²) in [6, 6.07) is 0. The van der Waals surface area contributed by atoms with Crippen molar-refractivity contribution >= 4 is 11.9 Å². The van der Waals surface area contributed by atoms with Crippen LogP contribution in [0, 0.1) is 29.1 Å². The van der Waals surface area contributed by atoms with E-state index in [0.29, 0.717) is 25.7 Å². The first-order valence-corrected chi connectivity index (χ1v) is 10.7. The number of aliphatic carboxylic acids is 2. The van der Waals surface area contributed by atoms with Gasteiger partial charge in [0, 0.05) is 0 Å². The van der Waals surface area contributed by atoms with Gasteiger partial charge in [-0.25, -0.2) is 0 Å². The van der Waals surface area contributed by atoms with Crippen LogP contribution in [-0.2, 0) is 9.59 Å². The Morgan fingerprint density at radius 2 is 1.58 bits per heavy atom. The monoisotopic (exact) mass is 368 g/mol. The molecule has 4 heteroatoms. The maximum Gasteiger partial charge on any atom is 0.309 e. The largest absolute Gasteiger partial charge is 0.481 e. The van der Waals surface area contributed by atoms with Crippen molar-refractivity contribution in [3.05, 3.63) is 0 Å². The van der Waals surface area contributed by atoms with E-state index in [-0.39, 0.29) is 11.8 Å². The summed E-state index contributed by atoms with van der Waals surface area (Å²) in [6.45, 7) is 8.58. The lowest BCUT2D eigenvalue weighted by Gasteiger charge is -2.45.